The van der Waals surface area contributed by atoms with Gasteiger partial charge in [-0.15, -0.1) is 0 Å². The minimum absolute atomic E-state index is 0.111. The van der Waals surface area contributed by atoms with Gasteiger partial charge in [-0.1, -0.05) is 18.2 Å². The summed E-state index contributed by atoms with van der Waals surface area (Å²) in [7, 11) is -3.68. The Morgan fingerprint density at radius 3 is 2.50 bits per heavy atom. The molecule has 0 spiro atoms. The molecular weight excluding hydrogens is 428 g/mol. The molecule has 0 radical (unpaired) electrons. The highest BCUT2D eigenvalue weighted by molar-refractivity contribution is 7.89. The number of anilines is 2. The van der Waals surface area contributed by atoms with Gasteiger partial charge in [0, 0.05) is 30.2 Å². The number of hydrogen-bond donors (Lipinski definition) is 2. The normalized spacial score (nSPS) is 15.8. The summed E-state index contributed by atoms with van der Waals surface area (Å²) in [5, 5.41) is 2.87. The van der Waals surface area contributed by atoms with Gasteiger partial charge in [-0.2, -0.15) is 4.98 Å². The maximum atomic E-state index is 12.8. The maximum Gasteiger partial charge on any atom is 0.298 e. The molecule has 0 saturated carbocycles. The van der Waals surface area contributed by atoms with E-state index in [0.29, 0.717) is 37.6 Å². The largest absolute Gasteiger partial charge is 0.423 e. The third-order valence-corrected chi connectivity index (χ3v) is 7.03. The molecule has 2 aromatic carbocycles. The molecule has 0 atom stereocenters. The van der Waals surface area contributed by atoms with Crippen LogP contribution in [0.1, 0.15) is 33.6 Å². The van der Waals surface area contributed by atoms with Crippen LogP contribution in [0.4, 0.5) is 11.7 Å². The number of oxazole rings is 1. The van der Waals surface area contributed by atoms with E-state index in [9.17, 15) is 13.2 Å². The smallest absolute Gasteiger partial charge is 0.298 e. The minimum atomic E-state index is -3.68. The predicted molar refractivity (Wildman–Crippen MR) is 124 cm³/mol. The molecule has 32 heavy (non-hydrogen) atoms. The molecule has 1 saturated heterocycles. The fourth-order valence-corrected chi connectivity index (χ4v) is 5.24. The van der Waals surface area contributed by atoms with Crippen molar-refractivity contribution < 1.29 is 17.6 Å². The highest BCUT2D eigenvalue weighted by atomic mass is 32.2. The van der Waals surface area contributed by atoms with Gasteiger partial charge in [0.1, 0.15) is 5.52 Å². The number of carbonyl (C=O) groups is 1. The van der Waals surface area contributed by atoms with Crippen molar-refractivity contribution in [2.24, 2.45) is 5.92 Å². The van der Waals surface area contributed by atoms with E-state index in [1.54, 1.807) is 32.9 Å². The zero-order chi connectivity index (χ0) is 22.9. The topological polar surface area (TPSA) is 105 Å². The Kier molecular flexibility index (Phi) is 5.96. The van der Waals surface area contributed by atoms with Gasteiger partial charge in [0.15, 0.2) is 5.58 Å². The zero-order valence-corrected chi connectivity index (χ0v) is 19.3. The summed E-state index contributed by atoms with van der Waals surface area (Å²) in [6.07, 6.45) is 1.32. The van der Waals surface area contributed by atoms with Crippen molar-refractivity contribution in [1.29, 1.82) is 0 Å². The second kappa shape index (κ2) is 8.55. The second-order valence-corrected chi connectivity index (χ2v) is 10.8. The number of nitrogens with zero attached hydrogens (tertiary/aromatic N) is 2. The monoisotopic (exact) mass is 456 g/mol. The molecule has 2 N–H and O–H groups in total. The maximum absolute atomic E-state index is 12.8. The van der Waals surface area contributed by atoms with Crippen molar-refractivity contribution in [3.63, 3.8) is 0 Å². The van der Waals surface area contributed by atoms with E-state index in [-0.39, 0.29) is 16.7 Å². The van der Waals surface area contributed by atoms with Crippen molar-refractivity contribution in [3.05, 3.63) is 48.5 Å². The molecule has 1 aromatic heterocycles. The minimum Gasteiger partial charge on any atom is -0.423 e. The molecule has 9 heteroatoms. The number of rotatable bonds is 5. The van der Waals surface area contributed by atoms with Crippen LogP contribution in [0.2, 0.25) is 0 Å². The van der Waals surface area contributed by atoms with Crippen LogP contribution in [-0.4, -0.2) is 37.9 Å². The Bertz CT molecular complexity index is 1190. The van der Waals surface area contributed by atoms with Gasteiger partial charge in [0.25, 0.3) is 6.01 Å². The first-order valence-corrected chi connectivity index (χ1v) is 12.1. The van der Waals surface area contributed by atoms with E-state index in [4.69, 9.17) is 4.42 Å². The quantitative estimate of drug-likeness (QED) is 0.606. The first-order valence-electron chi connectivity index (χ1n) is 10.7. The van der Waals surface area contributed by atoms with E-state index < -0.39 is 15.6 Å². The lowest BCUT2D eigenvalue weighted by molar-refractivity contribution is -0.120. The lowest BCUT2D eigenvalue weighted by atomic mass is 9.96. The molecule has 1 aliphatic heterocycles. The number of aromatic nitrogens is 1. The van der Waals surface area contributed by atoms with Crippen molar-refractivity contribution in [2.45, 2.75) is 44.0 Å². The number of nitrogens with one attached hydrogen (secondary N) is 2. The summed E-state index contributed by atoms with van der Waals surface area (Å²) in [5.74, 6) is -0.274. The van der Waals surface area contributed by atoms with Crippen molar-refractivity contribution in [3.8, 4) is 0 Å². The standard InChI is InChI=1S/C23H28N4O4S/c1-23(2,3)26-32(29,30)18-8-6-7-17(15-18)24-21(28)16-11-13-27(14-12-16)22-25-19-9-4-5-10-20(19)31-22/h4-10,15-16,26H,11-14H2,1-3H3,(H,24,28). The lowest BCUT2D eigenvalue weighted by Crippen LogP contribution is -2.40. The number of sulfonamides is 1. The molecule has 170 valence electrons. The zero-order valence-electron chi connectivity index (χ0n) is 18.5. The predicted octanol–water partition coefficient (Wildman–Crippen LogP) is 3.76. The number of amides is 1. The third kappa shape index (κ3) is 5.11. The summed E-state index contributed by atoms with van der Waals surface area (Å²) in [5.41, 5.74) is 1.44. The lowest BCUT2D eigenvalue weighted by Gasteiger charge is -2.30. The van der Waals surface area contributed by atoms with E-state index in [2.05, 4.69) is 19.9 Å². The highest BCUT2D eigenvalue weighted by Gasteiger charge is 2.28. The van der Waals surface area contributed by atoms with Crippen LogP contribution >= 0.6 is 0 Å². The Labute approximate surface area is 188 Å². The SMILES string of the molecule is CC(C)(C)NS(=O)(=O)c1cccc(NC(=O)C2CCN(c3nc4ccccc4o3)CC2)c1. The van der Waals surface area contributed by atoms with Gasteiger partial charge in [0.2, 0.25) is 15.9 Å². The van der Waals surface area contributed by atoms with Crippen LogP contribution in [0.3, 0.4) is 0 Å². The molecule has 1 amide bonds. The molecule has 8 nitrogen and oxygen atoms in total. The average molecular weight is 457 g/mol. The van der Waals surface area contributed by atoms with Crippen molar-refractivity contribution in [2.75, 3.05) is 23.3 Å². The van der Waals surface area contributed by atoms with Gasteiger partial charge < -0.3 is 14.6 Å². The number of hydrogen-bond acceptors (Lipinski definition) is 6. The van der Waals surface area contributed by atoms with Crippen LogP contribution in [0, 0.1) is 5.92 Å². The van der Waals surface area contributed by atoms with Crippen LogP contribution in [0.5, 0.6) is 0 Å². The van der Waals surface area contributed by atoms with Gasteiger partial charge in [-0.25, -0.2) is 13.1 Å². The third-order valence-electron chi connectivity index (χ3n) is 5.27. The molecule has 1 fully saturated rings. The Morgan fingerprint density at radius 2 is 1.81 bits per heavy atom. The van der Waals surface area contributed by atoms with Gasteiger partial charge in [-0.3, -0.25) is 4.79 Å². The summed E-state index contributed by atoms with van der Waals surface area (Å²) in [4.78, 5) is 19.5. The molecule has 0 bridgehead atoms. The fourth-order valence-electron chi connectivity index (χ4n) is 3.78. The van der Waals surface area contributed by atoms with E-state index >= 15 is 0 Å². The first-order chi connectivity index (χ1) is 15.1. The van der Waals surface area contributed by atoms with Crippen molar-refractivity contribution in [1.82, 2.24) is 9.71 Å². The first kappa shape index (κ1) is 22.3. The second-order valence-electron chi connectivity index (χ2n) is 9.10. The van der Waals surface area contributed by atoms with Gasteiger partial charge in [0.05, 0.1) is 4.90 Å². The van der Waals surface area contributed by atoms with E-state index in [0.717, 1.165) is 11.1 Å². The fraction of sp³-hybridized carbons (Fsp3) is 0.391. The van der Waals surface area contributed by atoms with Crippen LogP contribution in [-0.2, 0) is 14.8 Å². The summed E-state index contributed by atoms with van der Waals surface area (Å²) >= 11 is 0. The summed E-state index contributed by atoms with van der Waals surface area (Å²) in [6.45, 7) is 6.67. The molecule has 1 aliphatic rings. The number of piperidine rings is 1. The number of benzene rings is 2. The van der Waals surface area contributed by atoms with E-state index in [1.807, 2.05) is 24.3 Å². The molecule has 0 unspecified atom stereocenters. The summed E-state index contributed by atoms with van der Waals surface area (Å²) in [6, 6.07) is 14.5. The number of fused-ring (bicyclic) bond motifs is 1. The van der Waals surface area contributed by atoms with Gasteiger partial charge in [-0.05, 0) is 63.9 Å². The molecular formula is C23H28N4O4S. The van der Waals surface area contributed by atoms with Gasteiger partial charge >= 0.3 is 0 Å². The van der Waals surface area contributed by atoms with Crippen molar-refractivity contribution >= 4 is 38.7 Å². The molecule has 3 aromatic rings. The highest BCUT2D eigenvalue weighted by Crippen LogP contribution is 2.27. The van der Waals surface area contributed by atoms with Crippen LogP contribution in [0.25, 0.3) is 11.1 Å². The van der Waals surface area contributed by atoms with Crippen LogP contribution < -0.4 is 14.9 Å². The molecule has 0 aliphatic carbocycles. The number of carbonyl (C=O) groups excluding carboxylic acids is 1. The Morgan fingerprint density at radius 1 is 1.09 bits per heavy atom. The Balaban J connectivity index is 1.38. The average Bonchev–Trinajstić information content (AvgIpc) is 3.17. The molecule has 4 rings (SSSR count). The molecule has 2 heterocycles. The van der Waals surface area contributed by atoms with Crippen LogP contribution in [0.15, 0.2) is 57.8 Å². The summed E-state index contributed by atoms with van der Waals surface area (Å²) < 4.78 is 33.6. The number of para-hydroxylation sites is 2. The van der Waals surface area contributed by atoms with E-state index in [1.165, 1.54) is 12.1 Å². The Hall–Kier alpha value is -2.91.